The zero-order valence-corrected chi connectivity index (χ0v) is 10.4. The number of hydrogen-bond donors (Lipinski definition) is 2. The molecule has 1 aromatic heterocycles. The van der Waals surface area contributed by atoms with Crippen LogP contribution in [0, 0.1) is 0 Å². The van der Waals surface area contributed by atoms with Crippen molar-refractivity contribution >= 4 is 17.0 Å². The number of hydrogen-bond acceptors (Lipinski definition) is 5. The number of cyclic esters (lactones) is 1. The summed E-state index contributed by atoms with van der Waals surface area (Å²) in [5, 5.41) is 20.3. The number of fused-ring (bicyclic) bond motifs is 1. The van der Waals surface area contributed by atoms with Gasteiger partial charge in [0.05, 0.1) is 12.5 Å². The zero-order chi connectivity index (χ0) is 13.2. The largest absolute Gasteiger partial charge is 0.462 e. The first kappa shape index (κ1) is 12.1. The van der Waals surface area contributed by atoms with Crippen molar-refractivity contribution in [1.29, 1.82) is 0 Å². The highest BCUT2D eigenvalue weighted by molar-refractivity contribution is 5.77. The number of para-hydroxylation sites is 1. The molecule has 100 valence electrons. The number of rotatable bonds is 3. The molecule has 1 aromatic carbocycles. The predicted octanol–water partition coefficient (Wildman–Crippen LogP) is 0.957. The molecule has 19 heavy (non-hydrogen) atoms. The first-order valence-electron chi connectivity index (χ1n) is 6.38. The minimum Gasteiger partial charge on any atom is -0.462 e. The first-order chi connectivity index (χ1) is 9.22. The van der Waals surface area contributed by atoms with Crippen LogP contribution in [0.5, 0.6) is 0 Å². The van der Waals surface area contributed by atoms with E-state index in [2.05, 4.69) is 15.4 Å². The van der Waals surface area contributed by atoms with E-state index in [9.17, 15) is 9.90 Å². The average molecular weight is 261 g/mol. The second kappa shape index (κ2) is 4.97. The summed E-state index contributed by atoms with van der Waals surface area (Å²) in [7, 11) is 0. The van der Waals surface area contributed by atoms with Gasteiger partial charge in [-0.05, 0) is 24.5 Å². The molecule has 2 atom stereocenters. The number of carbonyl (C=O) groups excluding carboxylic acids is 1. The Hall–Kier alpha value is -1.95. The fraction of sp³-hybridized carbons (Fsp3) is 0.462. The molecule has 2 N–H and O–H groups in total. The molecule has 0 bridgehead atoms. The van der Waals surface area contributed by atoms with Crippen molar-refractivity contribution in [3.8, 4) is 0 Å². The van der Waals surface area contributed by atoms with Crippen LogP contribution in [0.2, 0.25) is 0 Å². The van der Waals surface area contributed by atoms with E-state index in [1.165, 1.54) is 0 Å². The molecular formula is C13H15N3O3. The van der Waals surface area contributed by atoms with Gasteiger partial charge < -0.3 is 9.84 Å². The third-order valence-electron chi connectivity index (χ3n) is 3.40. The number of ether oxygens (including phenoxy) is 1. The number of nitrogens with zero attached hydrogens (tertiary/aromatic N) is 2. The minimum absolute atomic E-state index is 0.107. The van der Waals surface area contributed by atoms with E-state index in [0.717, 1.165) is 23.0 Å². The number of aliphatic hydroxyl groups excluding tert-OH is 1. The first-order valence-corrected chi connectivity index (χ1v) is 6.38. The summed E-state index contributed by atoms with van der Waals surface area (Å²) in [6.45, 7) is 0. The number of aromatic amines is 1. The summed E-state index contributed by atoms with van der Waals surface area (Å²) < 4.78 is 5.23. The number of nitrogens with one attached hydrogen (secondary N) is 1. The standard InChI is InChI=1S/C13H15N3O3/c17-9-6-10(19-12(18)7-9)5-4-8-2-1-3-11-13(8)15-16-14-11/h1-3,9-10,17H,4-7H2,(H,14,15,16)/t9-,10-/m0/s1. The van der Waals surface area contributed by atoms with Gasteiger partial charge in [0, 0.05) is 6.42 Å². The molecule has 1 aliphatic heterocycles. The van der Waals surface area contributed by atoms with Gasteiger partial charge in [-0.15, -0.1) is 0 Å². The van der Waals surface area contributed by atoms with Crippen molar-refractivity contribution in [2.24, 2.45) is 0 Å². The molecule has 1 fully saturated rings. The monoisotopic (exact) mass is 261 g/mol. The van der Waals surface area contributed by atoms with E-state index >= 15 is 0 Å². The Labute approximate surface area is 109 Å². The van der Waals surface area contributed by atoms with Crippen LogP contribution in [0.3, 0.4) is 0 Å². The Morgan fingerprint density at radius 1 is 1.42 bits per heavy atom. The van der Waals surface area contributed by atoms with Gasteiger partial charge in [0.2, 0.25) is 0 Å². The Morgan fingerprint density at radius 3 is 3.16 bits per heavy atom. The molecule has 0 aliphatic carbocycles. The maximum atomic E-state index is 11.3. The van der Waals surface area contributed by atoms with Crippen LogP contribution in [0.15, 0.2) is 18.2 Å². The number of H-pyrrole nitrogens is 1. The molecule has 1 aliphatic rings. The lowest BCUT2D eigenvalue weighted by atomic mass is 9.99. The summed E-state index contributed by atoms with van der Waals surface area (Å²) in [6.07, 6.45) is 1.27. The maximum absolute atomic E-state index is 11.3. The van der Waals surface area contributed by atoms with Crippen molar-refractivity contribution in [3.05, 3.63) is 23.8 Å². The highest BCUT2D eigenvalue weighted by atomic mass is 16.5. The lowest BCUT2D eigenvalue weighted by Crippen LogP contribution is -2.32. The van der Waals surface area contributed by atoms with Gasteiger partial charge in [-0.1, -0.05) is 12.1 Å². The lowest BCUT2D eigenvalue weighted by Gasteiger charge is -2.25. The number of esters is 1. The average Bonchev–Trinajstić information content (AvgIpc) is 2.83. The van der Waals surface area contributed by atoms with E-state index in [-0.39, 0.29) is 18.5 Å². The van der Waals surface area contributed by atoms with Gasteiger partial charge >= 0.3 is 5.97 Å². The highest BCUT2D eigenvalue weighted by Crippen LogP contribution is 2.21. The van der Waals surface area contributed by atoms with Gasteiger partial charge in [0.25, 0.3) is 0 Å². The number of aliphatic hydroxyl groups is 1. The third-order valence-corrected chi connectivity index (χ3v) is 3.40. The van der Waals surface area contributed by atoms with Crippen LogP contribution in [0.1, 0.15) is 24.8 Å². The van der Waals surface area contributed by atoms with Crippen molar-refractivity contribution in [1.82, 2.24) is 15.4 Å². The van der Waals surface area contributed by atoms with Crippen LogP contribution in [0.25, 0.3) is 11.0 Å². The van der Waals surface area contributed by atoms with Crippen LogP contribution in [0.4, 0.5) is 0 Å². The van der Waals surface area contributed by atoms with E-state index in [0.29, 0.717) is 12.8 Å². The van der Waals surface area contributed by atoms with Crippen molar-refractivity contribution < 1.29 is 14.6 Å². The number of aromatic nitrogens is 3. The summed E-state index contributed by atoms with van der Waals surface area (Å²) >= 11 is 0. The fourth-order valence-corrected chi connectivity index (χ4v) is 2.48. The third kappa shape index (κ3) is 2.58. The molecule has 0 saturated carbocycles. The quantitative estimate of drug-likeness (QED) is 0.803. The molecular weight excluding hydrogens is 246 g/mol. The molecule has 2 heterocycles. The normalized spacial score (nSPS) is 23.5. The van der Waals surface area contributed by atoms with E-state index in [1.54, 1.807) is 0 Å². The lowest BCUT2D eigenvalue weighted by molar-refractivity contribution is -0.160. The number of carbonyl (C=O) groups is 1. The molecule has 0 radical (unpaired) electrons. The van der Waals surface area contributed by atoms with Crippen LogP contribution in [-0.2, 0) is 16.0 Å². The molecule has 2 aromatic rings. The molecule has 0 amide bonds. The van der Waals surface area contributed by atoms with Gasteiger partial charge in [-0.25, -0.2) is 0 Å². The number of benzene rings is 1. The maximum Gasteiger partial charge on any atom is 0.308 e. The highest BCUT2D eigenvalue weighted by Gasteiger charge is 2.26. The smallest absolute Gasteiger partial charge is 0.308 e. The van der Waals surface area contributed by atoms with Crippen LogP contribution < -0.4 is 0 Å². The van der Waals surface area contributed by atoms with Gasteiger partial charge in [0.15, 0.2) is 0 Å². The Morgan fingerprint density at radius 2 is 2.32 bits per heavy atom. The second-order valence-corrected chi connectivity index (χ2v) is 4.85. The van der Waals surface area contributed by atoms with Crippen LogP contribution >= 0.6 is 0 Å². The molecule has 0 spiro atoms. The summed E-state index contributed by atoms with van der Waals surface area (Å²) in [5.74, 6) is -0.316. The van der Waals surface area contributed by atoms with Crippen molar-refractivity contribution in [2.75, 3.05) is 0 Å². The second-order valence-electron chi connectivity index (χ2n) is 4.85. The Bertz CT molecular complexity index is 596. The molecule has 0 unspecified atom stereocenters. The summed E-state index contributed by atoms with van der Waals surface area (Å²) in [4.78, 5) is 11.3. The molecule has 1 saturated heterocycles. The van der Waals surface area contributed by atoms with E-state index in [1.807, 2.05) is 18.2 Å². The zero-order valence-electron chi connectivity index (χ0n) is 10.4. The molecule has 6 nitrogen and oxygen atoms in total. The summed E-state index contributed by atoms with van der Waals surface area (Å²) in [6, 6.07) is 5.82. The van der Waals surface area contributed by atoms with Gasteiger partial charge in [-0.3, -0.25) is 4.79 Å². The Kier molecular flexibility index (Phi) is 3.16. The Balaban J connectivity index is 1.69. The minimum atomic E-state index is -0.575. The molecule has 6 heteroatoms. The predicted molar refractivity (Wildman–Crippen MR) is 67.3 cm³/mol. The molecule has 3 rings (SSSR count). The number of aryl methyl sites for hydroxylation is 1. The van der Waals surface area contributed by atoms with Crippen LogP contribution in [-0.4, -0.2) is 38.7 Å². The van der Waals surface area contributed by atoms with E-state index in [4.69, 9.17) is 4.74 Å². The summed E-state index contributed by atoms with van der Waals surface area (Å²) in [5.41, 5.74) is 2.76. The SMILES string of the molecule is O=C1C[C@@H](O)C[C@H](CCc2cccc3n[nH]nc23)O1. The van der Waals surface area contributed by atoms with Crippen molar-refractivity contribution in [2.45, 2.75) is 37.9 Å². The van der Waals surface area contributed by atoms with E-state index < -0.39 is 6.10 Å². The topological polar surface area (TPSA) is 88.1 Å². The van der Waals surface area contributed by atoms with Gasteiger partial charge in [0.1, 0.15) is 17.1 Å². The fourth-order valence-electron chi connectivity index (χ4n) is 2.48. The van der Waals surface area contributed by atoms with Gasteiger partial charge in [-0.2, -0.15) is 15.4 Å². The van der Waals surface area contributed by atoms with Crippen molar-refractivity contribution in [3.63, 3.8) is 0 Å².